The number of pyridine rings is 1. The molecule has 8 heteroatoms. The average molecular weight is 481 g/mol. The maximum Gasteiger partial charge on any atom is 0.248 e. The van der Waals surface area contributed by atoms with E-state index in [0.717, 1.165) is 49.2 Å². The van der Waals surface area contributed by atoms with E-state index < -0.39 is 5.91 Å². The van der Waals surface area contributed by atoms with Crippen molar-refractivity contribution in [1.82, 2.24) is 4.98 Å². The summed E-state index contributed by atoms with van der Waals surface area (Å²) in [5.74, 6) is -0.489. The third-order valence-electron chi connectivity index (χ3n) is 6.07. The minimum absolute atomic E-state index is 0.131. The number of halogens is 2. The summed E-state index contributed by atoms with van der Waals surface area (Å²) in [7, 11) is 1.70. The van der Waals surface area contributed by atoms with Gasteiger partial charge in [-0.25, -0.2) is 9.37 Å². The quantitative estimate of drug-likeness (QED) is 0.547. The number of rotatable bonds is 6. The smallest absolute Gasteiger partial charge is 0.248 e. The molecule has 1 aliphatic heterocycles. The zero-order valence-corrected chi connectivity index (χ0v) is 19.7. The van der Waals surface area contributed by atoms with Crippen LogP contribution in [0.4, 0.5) is 15.9 Å². The first-order valence-corrected chi connectivity index (χ1v) is 11.6. The van der Waals surface area contributed by atoms with Gasteiger partial charge in [-0.3, -0.25) is 14.5 Å². The fourth-order valence-corrected chi connectivity index (χ4v) is 4.36. The third-order valence-corrected chi connectivity index (χ3v) is 6.40. The van der Waals surface area contributed by atoms with Crippen molar-refractivity contribution in [3.8, 4) is 11.1 Å². The highest BCUT2D eigenvalue weighted by Gasteiger charge is 2.23. The monoisotopic (exact) mass is 480 g/mol. The third kappa shape index (κ3) is 5.20. The van der Waals surface area contributed by atoms with Crippen molar-refractivity contribution in [1.29, 1.82) is 0 Å². The van der Waals surface area contributed by atoms with Gasteiger partial charge in [0.05, 0.1) is 12.1 Å². The number of likely N-dealkylation sites (N-methyl/N-ethyl adjacent to an activating group) is 1. The first kappa shape index (κ1) is 23.7. The number of hydrogen-bond donors (Lipinski definition) is 1. The van der Waals surface area contributed by atoms with E-state index in [9.17, 15) is 14.0 Å². The van der Waals surface area contributed by atoms with Gasteiger partial charge in [-0.05, 0) is 61.2 Å². The van der Waals surface area contributed by atoms with E-state index in [4.69, 9.17) is 17.3 Å². The van der Waals surface area contributed by atoms with Gasteiger partial charge < -0.3 is 10.6 Å². The lowest BCUT2D eigenvalue weighted by atomic mass is 10.0. The van der Waals surface area contributed by atoms with Crippen LogP contribution in [0.2, 0.25) is 5.02 Å². The van der Waals surface area contributed by atoms with Gasteiger partial charge in [-0.2, -0.15) is 0 Å². The largest absolute Gasteiger partial charge is 0.369 e. The van der Waals surface area contributed by atoms with E-state index in [2.05, 4.69) is 9.88 Å². The number of carbonyl (C=O) groups excluding carboxylic acids is 2. The molecule has 0 radical (unpaired) electrons. The van der Waals surface area contributed by atoms with E-state index >= 15 is 0 Å². The molecule has 34 heavy (non-hydrogen) atoms. The Morgan fingerprint density at radius 1 is 1.09 bits per heavy atom. The van der Waals surface area contributed by atoms with Crippen LogP contribution in [-0.2, 0) is 11.2 Å². The first-order valence-electron chi connectivity index (χ1n) is 11.2. The van der Waals surface area contributed by atoms with Gasteiger partial charge in [0.2, 0.25) is 11.8 Å². The van der Waals surface area contributed by atoms with Crippen LogP contribution in [-0.4, -0.2) is 36.9 Å². The van der Waals surface area contributed by atoms with Crippen molar-refractivity contribution < 1.29 is 14.0 Å². The number of aromatic nitrogens is 1. The summed E-state index contributed by atoms with van der Waals surface area (Å²) in [5.41, 5.74) is 8.75. The number of amides is 2. The summed E-state index contributed by atoms with van der Waals surface area (Å²) >= 11 is 6.44. The van der Waals surface area contributed by atoms with Crippen LogP contribution in [0.1, 0.15) is 35.2 Å². The number of nitrogens with zero attached hydrogens (tertiary/aromatic N) is 3. The summed E-state index contributed by atoms with van der Waals surface area (Å²) in [6.45, 7) is 1.71. The molecular formula is C26H26ClFN4O2. The van der Waals surface area contributed by atoms with Crippen molar-refractivity contribution in [3.05, 3.63) is 76.7 Å². The molecule has 1 saturated heterocycles. The van der Waals surface area contributed by atoms with Crippen molar-refractivity contribution in [2.24, 2.45) is 5.73 Å². The summed E-state index contributed by atoms with van der Waals surface area (Å²) in [6, 6.07) is 12.8. The Morgan fingerprint density at radius 3 is 2.47 bits per heavy atom. The Hall–Kier alpha value is -3.45. The molecule has 1 aliphatic rings. The second kappa shape index (κ2) is 10.2. The molecule has 0 spiro atoms. The Labute approximate surface area is 203 Å². The van der Waals surface area contributed by atoms with E-state index in [1.54, 1.807) is 48.5 Å². The number of primary amides is 1. The van der Waals surface area contributed by atoms with Crippen LogP contribution in [0.3, 0.4) is 0 Å². The zero-order chi connectivity index (χ0) is 24.2. The molecule has 1 aromatic heterocycles. The van der Waals surface area contributed by atoms with Crippen LogP contribution >= 0.6 is 11.6 Å². The van der Waals surface area contributed by atoms with E-state index in [0.29, 0.717) is 22.0 Å². The lowest BCUT2D eigenvalue weighted by Gasteiger charge is -2.32. The SMILES string of the molecule is CN(C(=O)Cc1ccc(F)cc1)c1ncc(-c2cc(C(N)=O)ccc2Cl)cc1N1CCCCC1. The number of nitrogens with two attached hydrogens (primary N) is 1. The second-order valence-electron chi connectivity index (χ2n) is 8.43. The molecular weight excluding hydrogens is 455 g/mol. The predicted molar refractivity (Wildman–Crippen MR) is 133 cm³/mol. The fraction of sp³-hybridized carbons (Fsp3) is 0.269. The molecule has 2 amide bonds. The second-order valence-corrected chi connectivity index (χ2v) is 8.84. The molecule has 0 saturated carbocycles. The molecule has 3 aromatic rings. The molecule has 176 valence electrons. The molecule has 2 N–H and O–H groups in total. The number of hydrogen-bond acceptors (Lipinski definition) is 4. The molecule has 0 unspecified atom stereocenters. The molecule has 6 nitrogen and oxygen atoms in total. The molecule has 2 heterocycles. The van der Waals surface area contributed by atoms with Crippen LogP contribution < -0.4 is 15.5 Å². The molecule has 4 rings (SSSR count). The Bertz CT molecular complexity index is 1210. The predicted octanol–water partition coefficient (Wildman–Crippen LogP) is 4.84. The molecule has 1 fully saturated rings. The van der Waals surface area contributed by atoms with Gasteiger partial charge in [0.15, 0.2) is 5.82 Å². The van der Waals surface area contributed by atoms with E-state index in [1.807, 2.05) is 6.07 Å². The van der Waals surface area contributed by atoms with Crippen molar-refractivity contribution in [3.63, 3.8) is 0 Å². The topological polar surface area (TPSA) is 79.5 Å². The van der Waals surface area contributed by atoms with Gasteiger partial charge in [0, 0.05) is 48.0 Å². The van der Waals surface area contributed by atoms with Gasteiger partial charge in [-0.15, -0.1) is 0 Å². The highest BCUT2D eigenvalue weighted by Crippen LogP contribution is 2.36. The highest BCUT2D eigenvalue weighted by atomic mass is 35.5. The Balaban J connectivity index is 1.71. The maximum absolute atomic E-state index is 13.2. The average Bonchev–Trinajstić information content (AvgIpc) is 2.85. The zero-order valence-electron chi connectivity index (χ0n) is 18.9. The number of piperidine rings is 1. The van der Waals surface area contributed by atoms with Gasteiger partial charge >= 0.3 is 0 Å². The van der Waals surface area contributed by atoms with Crippen LogP contribution in [0.5, 0.6) is 0 Å². The number of carbonyl (C=O) groups is 2. The fourth-order valence-electron chi connectivity index (χ4n) is 4.13. The lowest BCUT2D eigenvalue weighted by molar-refractivity contribution is -0.117. The normalized spacial score (nSPS) is 13.6. The van der Waals surface area contributed by atoms with Crippen LogP contribution in [0.15, 0.2) is 54.7 Å². The Morgan fingerprint density at radius 2 is 1.79 bits per heavy atom. The number of benzene rings is 2. The summed E-state index contributed by atoms with van der Waals surface area (Å²) < 4.78 is 13.2. The molecule has 0 bridgehead atoms. The Kier molecular flexibility index (Phi) is 7.12. The molecule has 0 aliphatic carbocycles. The molecule has 2 aromatic carbocycles. The summed E-state index contributed by atoms with van der Waals surface area (Å²) in [6.07, 6.45) is 5.04. The van der Waals surface area contributed by atoms with E-state index in [-0.39, 0.29) is 18.1 Å². The van der Waals surface area contributed by atoms with Crippen molar-refractivity contribution in [2.45, 2.75) is 25.7 Å². The first-order chi connectivity index (χ1) is 16.3. The highest BCUT2D eigenvalue weighted by molar-refractivity contribution is 6.33. The van der Waals surface area contributed by atoms with Crippen molar-refractivity contribution in [2.75, 3.05) is 29.9 Å². The van der Waals surface area contributed by atoms with Gasteiger partial charge in [-0.1, -0.05) is 23.7 Å². The van der Waals surface area contributed by atoms with Crippen LogP contribution in [0, 0.1) is 5.82 Å². The molecule has 0 atom stereocenters. The lowest BCUT2D eigenvalue weighted by Crippen LogP contribution is -2.34. The number of anilines is 2. The van der Waals surface area contributed by atoms with Gasteiger partial charge in [0.1, 0.15) is 5.82 Å². The summed E-state index contributed by atoms with van der Waals surface area (Å²) in [4.78, 5) is 33.2. The standard InChI is InChI=1S/C26H26ClFN4O2/c1-31(24(33)13-17-5-8-20(28)9-6-17)26-23(32-11-3-2-4-12-32)15-19(16-30-26)21-14-18(25(29)34)7-10-22(21)27/h5-10,14-16H,2-4,11-13H2,1H3,(H2,29,34). The minimum atomic E-state index is -0.537. The van der Waals surface area contributed by atoms with Gasteiger partial charge in [0.25, 0.3) is 0 Å². The van der Waals surface area contributed by atoms with E-state index in [1.165, 1.54) is 12.1 Å². The minimum Gasteiger partial charge on any atom is -0.369 e. The summed E-state index contributed by atoms with van der Waals surface area (Å²) in [5, 5.41) is 0.477. The van der Waals surface area contributed by atoms with Crippen LogP contribution in [0.25, 0.3) is 11.1 Å². The maximum atomic E-state index is 13.2. The van der Waals surface area contributed by atoms with Crippen molar-refractivity contribution >= 4 is 34.9 Å².